The summed E-state index contributed by atoms with van der Waals surface area (Å²) in [5.41, 5.74) is 2.15. The average Bonchev–Trinajstić information content (AvgIpc) is 2.84. The van der Waals surface area contributed by atoms with Crippen molar-refractivity contribution in [2.45, 2.75) is 44.9 Å². The molecule has 0 spiro atoms. The SMILES string of the molecule is CC12CCC3c4ccc(OS(N)(=O)=O)cc4CCC3C1C/C(=N/O)C2=O. The van der Waals surface area contributed by atoms with E-state index in [0.717, 1.165) is 31.2 Å². The van der Waals surface area contributed by atoms with Crippen molar-refractivity contribution in [2.24, 2.45) is 27.5 Å². The summed E-state index contributed by atoms with van der Waals surface area (Å²) in [6, 6.07) is 5.32. The van der Waals surface area contributed by atoms with E-state index < -0.39 is 15.7 Å². The Balaban J connectivity index is 1.66. The van der Waals surface area contributed by atoms with Crippen LogP contribution in [0.3, 0.4) is 0 Å². The van der Waals surface area contributed by atoms with Crippen LogP contribution in [0.2, 0.25) is 0 Å². The monoisotopic (exact) mass is 378 g/mol. The summed E-state index contributed by atoms with van der Waals surface area (Å²) < 4.78 is 27.1. The zero-order valence-electron chi connectivity index (χ0n) is 14.5. The van der Waals surface area contributed by atoms with Crippen molar-refractivity contribution in [3.63, 3.8) is 0 Å². The maximum atomic E-state index is 12.6. The number of carbonyl (C=O) groups excluding carboxylic acids is 1. The zero-order chi connectivity index (χ0) is 18.7. The molecule has 4 atom stereocenters. The molecule has 0 bridgehead atoms. The highest BCUT2D eigenvalue weighted by atomic mass is 32.2. The summed E-state index contributed by atoms with van der Waals surface area (Å²) in [7, 11) is -4.04. The van der Waals surface area contributed by atoms with E-state index in [9.17, 15) is 13.2 Å². The Morgan fingerprint density at radius 3 is 2.81 bits per heavy atom. The number of rotatable bonds is 2. The fourth-order valence-electron chi connectivity index (χ4n) is 5.44. The normalized spacial score (nSPS) is 34.9. The van der Waals surface area contributed by atoms with Crippen LogP contribution in [0.15, 0.2) is 23.4 Å². The van der Waals surface area contributed by atoms with Gasteiger partial charge in [-0.05, 0) is 66.7 Å². The molecule has 1 aromatic carbocycles. The molecule has 4 unspecified atom stereocenters. The van der Waals surface area contributed by atoms with Crippen LogP contribution in [0.5, 0.6) is 5.75 Å². The smallest absolute Gasteiger partial charge is 0.380 e. The number of ketones is 1. The molecular weight excluding hydrogens is 356 g/mol. The van der Waals surface area contributed by atoms with Crippen molar-refractivity contribution >= 4 is 21.8 Å². The number of hydrogen-bond acceptors (Lipinski definition) is 6. The molecule has 4 rings (SSSR count). The number of oxime groups is 1. The molecule has 8 heteroatoms. The highest BCUT2D eigenvalue weighted by Gasteiger charge is 2.57. The molecule has 3 N–H and O–H groups in total. The van der Waals surface area contributed by atoms with Crippen molar-refractivity contribution < 1.29 is 22.6 Å². The largest absolute Gasteiger partial charge is 0.411 e. The van der Waals surface area contributed by atoms with E-state index in [1.807, 2.05) is 13.0 Å². The Kier molecular flexibility index (Phi) is 3.89. The molecule has 0 saturated heterocycles. The number of fused-ring (bicyclic) bond motifs is 5. The minimum Gasteiger partial charge on any atom is -0.411 e. The van der Waals surface area contributed by atoms with Gasteiger partial charge in [0, 0.05) is 11.8 Å². The van der Waals surface area contributed by atoms with Gasteiger partial charge in [-0.2, -0.15) is 13.6 Å². The number of Topliss-reactive ketones (excluding diaryl/α,β-unsaturated/α-hetero) is 1. The lowest BCUT2D eigenvalue weighted by molar-refractivity contribution is -0.125. The van der Waals surface area contributed by atoms with Gasteiger partial charge < -0.3 is 9.39 Å². The Morgan fingerprint density at radius 1 is 1.35 bits per heavy atom. The quantitative estimate of drug-likeness (QED) is 0.603. The molecule has 0 aliphatic heterocycles. The van der Waals surface area contributed by atoms with Crippen molar-refractivity contribution in [3.05, 3.63) is 29.3 Å². The highest BCUT2D eigenvalue weighted by Crippen LogP contribution is 2.59. The van der Waals surface area contributed by atoms with E-state index >= 15 is 0 Å². The Morgan fingerprint density at radius 2 is 2.12 bits per heavy atom. The first-order valence-corrected chi connectivity index (χ1v) is 10.3. The molecule has 0 aromatic heterocycles. The topological polar surface area (TPSA) is 119 Å². The maximum absolute atomic E-state index is 12.6. The third-order valence-electron chi connectivity index (χ3n) is 6.61. The van der Waals surface area contributed by atoms with Crippen LogP contribution in [-0.2, 0) is 21.5 Å². The maximum Gasteiger partial charge on any atom is 0.380 e. The predicted octanol–water partition coefficient (Wildman–Crippen LogP) is 2.13. The number of carbonyl (C=O) groups is 1. The van der Waals surface area contributed by atoms with Crippen LogP contribution in [0.1, 0.15) is 49.7 Å². The van der Waals surface area contributed by atoms with E-state index in [1.165, 1.54) is 5.56 Å². The van der Waals surface area contributed by atoms with Gasteiger partial charge in [0.1, 0.15) is 11.5 Å². The predicted molar refractivity (Wildman–Crippen MR) is 94.4 cm³/mol. The zero-order valence-corrected chi connectivity index (χ0v) is 15.3. The summed E-state index contributed by atoms with van der Waals surface area (Å²) in [6.07, 6.45) is 3.92. The minimum atomic E-state index is -4.04. The van der Waals surface area contributed by atoms with Gasteiger partial charge >= 0.3 is 10.3 Å². The van der Waals surface area contributed by atoms with Gasteiger partial charge in [-0.25, -0.2) is 0 Å². The molecule has 3 aliphatic rings. The average molecular weight is 378 g/mol. The number of aryl methyl sites for hydroxylation is 1. The Hall–Kier alpha value is -1.93. The molecule has 26 heavy (non-hydrogen) atoms. The van der Waals surface area contributed by atoms with E-state index in [4.69, 9.17) is 14.5 Å². The fourth-order valence-corrected chi connectivity index (χ4v) is 5.81. The van der Waals surface area contributed by atoms with Gasteiger partial charge in [-0.15, -0.1) is 0 Å². The molecule has 140 valence electrons. The Bertz CT molecular complexity index is 910. The molecule has 2 saturated carbocycles. The van der Waals surface area contributed by atoms with Crippen LogP contribution in [0, 0.1) is 17.3 Å². The number of benzene rings is 1. The van der Waals surface area contributed by atoms with E-state index in [1.54, 1.807) is 12.1 Å². The number of nitrogens with two attached hydrogens (primary N) is 1. The van der Waals surface area contributed by atoms with Gasteiger partial charge in [0.05, 0.1) is 0 Å². The van der Waals surface area contributed by atoms with E-state index in [-0.39, 0.29) is 17.5 Å². The molecular formula is C18H22N2O5S. The fraction of sp³-hybridized carbons (Fsp3) is 0.556. The first-order valence-electron chi connectivity index (χ1n) is 8.84. The van der Waals surface area contributed by atoms with Crippen LogP contribution in [0.4, 0.5) is 0 Å². The lowest BCUT2D eigenvalue weighted by atomic mass is 9.55. The summed E-state index contributed by atoms with van der Waals surface area (Å²) in [5, 5.41) is 17.4. The molecule has 1 aromatic rings. The molecule has 0 amide bonds. The third-order valence-corrected chi connectivity index (χ3v) is 7.04. The van der Waals surface area contributed by atoms with Gasteiger partial charge in [0.15, 0.2) is 5.78 Å². The summed E-state index contributed by atoms with van der Waals surface area (Å²) in [4.78, 5) is 12.6. The molecule has 0 heterocycles. The summed E-state index contributed by atoms with van der Waals surface area (Å²) >= 11 is 0. The van der Waals surface area contributed by atoms with Crippen LogP contribution in [-0.4, -0.2) is 25.1 Å². The lowest BCUT2D eigenvalue weighted by Gasteiger charge is -2.47. The third kappa shape index (κ3) is 2.63. The number of hydrogen-bond donors (Lipinski definition) is 2. The van der Waals surface area contributed by atoms with Crippen LogP contribution < -0.4 is 9.32 Å². The first kappa shape index (κ1) is 17.5. The van der Waals surface area contributed by atoms with Crippen molar-refractivity contribution in [1.82, 2.24) is 0 Å². The lowest BCUT2D eigenvalue weighted by Crippen LogP contribution is -2.42. The molecule has 0 radical (unpaired) electrons. The second-order valence-electron chi connectivity index (χ2n) is 7.89. The van der Waals surface area contributed by atoms with Crippen molar-refractivity contribution in [1.29, 1.82) is 0 Å². The van der Waals surface area contributed by atoms with Gasteiger partial charge in [0.25, 0.3) is 0 Å². The molecule has 2 fully saturated rings. The van der Waals surface area contributed by atoms with Gasteiger partial charge in [0.2, 0.25) is 0 Å². The minimum absolute atomic E-state index is 0.00820. The second kappa shape index (κ2) is 5.79. The van der Waals surface area contributed by atoms with Crippen LogP contribution in [0.25, 0.3) is 0 Å². The van der Waals surface area contributed by atoms with E-state index in [0.29, 0.717) is 24.0 Å². The van der Waals surface area contributed by atoms with Crippen molar-refractivity contribution in [2.75, 3.05) is 0 Å². The molecule has 3 aliphatic carbocycles. The molecule has 7 nitrogen and oxygen atoms in total. The second-order valence-corrected chi connectivity index (χ2v) is 9.04. The van der Waals surface area contributed by atoms with Crippen LogP contribution >= 0.6 is 0 Å². The first-order chi connectivity index (χ1) is 12.2. The highest BCUT2D eigenvalue weighted by molar-refractivity contribution is 7.84. The van der Waals surface area contributed by atoms with Gasteiger partial charge in [-0.3, -0.25) is 4.79 Å². The van der Waals surface area contributed by atoms with E-state index in [2.05, 4.69) is 5.16 Å². The Labute approximate surface area is 152 Å². The number of nitrogens with zero attached hydrogens (tertiary/aromatic N) is 1. The van der Waals surface area contributed by atoms with Crippen molar-refractivity contribution in [3.8, 4) is 5.75 Å². The summed E-state index contributed by atoms with van der Waals surface area (Å²) in [5.74, 6) is 1.09. The van der Waals surface area contributed by atoms with Gasteiger partial charge in [-0.1, -0.05) is 18.1 Å². The standard InChI is InChI=1S/C18H22N2O5S/c1-18-7-6-13-12-5-3-11(25-26(19,23)24)8-10(12)2-4-14(13)15(18)9-16(20-22)17(18)21/h3,5,8,13-15,22H,2,4,6-7,9H2,1H3,(H2,19,23,24)/b20-16-. The summed E-state index contributed by atoms with van der Waals surface area (Å²) in [6.45, 7) is 2.01.